The molecule has 0 radical (unpaired) electrons. The zero-order valence-corrected chi connectivity index (χ0v) is 12.4. The van der Waals surface area contributed by atoms with Gasteiger partial charge in [-0.1, -0.05) is 12.1 Å². The molecule has 23 heavy (non-hydrogen) atoms. The topological polar surface area (TPSA) is 55.4 Å². The Morgan fingerprint density at radius 1 is 1.04 bits per heavy atom. The Balaban J connectivity index is 1.71. The molecule has 118 valence electrons. The number of halogens is 1. The molecular weight excluding hydrogens is 297 g/mol. The fourth-order valence-corrected chi connectivity index (χ4v) is 2.42. The van der Waals surface area contributed by atoms with Crippen LogP contribution in [0.4, 0.5) is 4.39 Å². The van der Waals surface area contributed by atoms with Crippen molar-refractivity contribution in [2.45, 2.75) is 18.9 Å². The molecule has 0 saturated heterocycles. The molecule has 0 spiro atoms. The molecule has 0 fully saturated rings. The van der Waals surface area contributed by atoms with Gasteiger partial charge in [-0.2, -0.15) is 0 Å². The lowest BCUT2D eigenvalue weighted by atomic mass is 9.93. The fraction of sp³-hybridized carbons (Fsp3) is 0.167. The smallest absolute Gasteiger partial charge is 0.221 e. The van der Waals surface area contributed by atoms with Gasteiger partial charge in [-0.15, -0.1) is 0 Å². The average Bonchev–Trinajstić information content (AvgIpc) is 3.25. The largest absolute Gasteiger partial charge is 0.469 e. The molecule has 0 bridgehead atoms. The van der Waals surface area contributed by atoms with E-state index in [9.17, 15) is 9.18 Å². The summed E-state index contributed by atoms with van der Waals surface area (Å²) in [5, 5.41) is 2.81. The monoisotopic (exact) mass is 313 g/mol. The van der Waals surface area contributed by atoms with E-state index in [0.717, 1.165) is 5.56 Å². The zero-order valence-electron chi connectivity index (χ0n) is 12.4. The Hall–Kier alpha value is -2.82. The van der Waals surface area contributed by atoms with Crippen LogP contribution in [0.5, 0.6) is 0 Å². The van der Waals surface area contributed by atoms with E-state index in [2.05, 4.69) is 5.32 Å². The van der Waals surface area contributed by atoms with Gasteiger partial charge in [0, 0.05) is 6.42 Å². The summed E-state index contributed by atoms with van der Waals surface area (Å²) in [6, 6.07) is 13.2. The van der Waals surface area contributed by atoms with Crippen LogP contribution in [0.3, 0.4) is 0 Å². The predicted molar refractivity (Wildman–Crippen MR) is 82.1 cm³/mol. The molecule has 0 aliphatic heterocycles. The number of carbonyl (C=O) groups is 1. The second kappa shape index (κ2) is 6.96. The number of carbonyl (C=O) groups excluding carboxylic acids is 1. The van der Waals surface area contributed by atoms with E-state index in [4.69, 9.17) is 8.83 Å². The second-order valence-corrected chi connectivity index (χ2v) is 5.18. The summed E-state index contributed by atoms with van der Waals surface area (Å²) in [6.07, 6.45) is 3.33. The minimum Gasteiger partial charge on any atom is -0.469 e. The first-order chi connectivity index (χ1) is 11.2. The van der Waals surface area contributed by atoms with Crippen molar-refractivity contribution < 1.29 is 18.0 Å². The summed E-state index contributed by atoms with van der Waals surface area (Å²) >= 11 is 0. The Bertz CT molecular complexity index is 733. The van der Waals surface area contributed by atoms with Gasteiger partial charge in [-0.25, -0.2) is 4.39 Å². The summed E-state index contributed by atoms with van der Waals surface area (Å²) < 4.78 is 23.7. The number of amides is 1. The molecule has 0 saturated carbocycles. The van der Waals surface area contributed by atoms with Gasteiger partial charge in [0.1, 0.15) is 17.3 Å². The summed E-state index contributed by atoms with van der Waals surface area (Å²) in [4.78, 5) is 12.2. The molecule has 2 heterocycles. The lowest BCUT2D eigenvalue weighted by Gasteiger charge is -2.15. The average molecular weight is 313 g/mol. The molecule has 3 rings (SSSR count). The molecule has 1 N–H and O–H groups in total. The SMILES string of the molecule is O=C(CC(c1ccc(F)cc1)c1ccco1)NCc1ccco1. The number of rotatable bonds is 6. The molecule has 1 aromatic carbocycles. The van der Waals surface area contributed by atoms with Gasteiger partial charge in [-0.3, -0.25) is 4.79 Å². The predicted octanol–water partition coefficient (Wildman–Crippen LogP) is 3.85. The lowest BCUT2D eigenvalue weighted by molar-refractivity contribution is -0.121. The van der Waals surface area contributed by atoms with E-state index < -0.39 is 0 Å². The summed E-state index contributed by atoms with van der Waals surface area (Å²) in [5.41, 5.74) is 0.828. The highest BCUT2D eigenvalue weighted by molar-refractivity contribution is 5.77. The standard InChI is InChI=1S/C18H16FNO3/c19-14-7-5-13(6-8-14)16(17-4-2-10-23-17)11-18(21)20-12-15-3-1-9-22-15/h1-10,16H,11-12H2,(H,20,21). The van der Waals surface area contributed by atoms with E-state index in [1.54, 1.807) is 42.9 Å². The number of furan rings is 2. The van der Waals surface area contributed by atoms with Crippen LogP contribution in [-0.2, 0) is 11.3 Å². The molecule has 1 atom stereocenters. The van der Waals surface area contributed by atoms with Gasteiger partial charge < -0.3 is 14.2 Å². The van der Waals surface area contributed by atoms with Crippen LogP contribution in [-0.4, -0.2) is 5.91 Å². The van der Waals surface area contributed by atoms with Crippen molar-refractivity contribution in [1.82, 2.24) is 5.32 Å². The Kier molecular flexibility index (Phi) is 4.57. The summed E-state index contributed by atoms with van der Waals surface area (Å²) in [5.74, 6) is 0.656. The van der Waals surface area contributed by atoms with Crippen molar-refractivity contribution in [2.24, 2.45) is 0 Å². The lowest BCUT2D eigenvalue weighted by Crippen LogP contribution is -2.24. The van der Waals surface area contributed by atoms with Crippen molar-refractivity contribution in [3.63, 3.8) is 0 Å². The highest BCUT2D eigenvalue weighted by Crippen LogP contribution is 2.28. The van der Waals surface area contributed by atoms with E-state index in [1.807, 2.05) is 6.07 Å². The summed E-state index contributed by atoms with van der Waals surface area (Å²) in [6.45, 7) is 0.333. The van der Waals surface area contributed by atoms with Crippen molar-refractivity contribution >= 4 is 5.91 Å². The van der Waals surface area contributed by atoms with E-state index in [1.165, 1.54) is 12.1 Å². The molecule has 4 nitrogen and oxygen atoms in total. The van der Waals surface area contributed by atoms with Crippen molar-refractivity contribution in [1.29, 1.82) is 0 Å². The summed E-state index contributed by atoms with van der Waals surface area (Å²) in [7, 11) is 0. The Labute approximate surface area is 132 Å². The van der Waals surface area contributed by atoms with Crippen LogP contribution in [0.25, 0.3) is 0 Å². The highest BCUT2D eigenvalue weighted by atomic mass is 19.1. The third kappa shape index (κ3) is 3.88. The van der Waals surface area contributed by atoms with Gasteiger partial charge >= 0.3 is 0 Å². The molecule has 5 heteroatoms. The number of benzene rings is 1. The van der Waals surface area contributed by atoms with Crippen LogP contribution in [0, 0.1) is 5.82 Å². The third-order valence-corrected chi connectivity index (χ3v) is 3.59. The maximum Gasteiger partial charge on any atom is 0.221 e. The van der Waals surface area contributed by atoms with Crippen molar-refractivity contribution in [2.75, 3.05) is 0 Å². The van der Waals surface area contributed by atoms with E-state index in [-0.39, 0.29) is 24.1 Å². The van der Waals surface area contributed by atoms with Gasteiger partial charge in [-0.05, 0) is 42.0 Å². The van der Waals surface area contributed by atoms with Gasteiger partial charge in [0.15, 0.2) is 0 Å². The molecule has 2 aromatic heterocycles. The van der Waals surface area contributed by atoms with Crippen molar-refractivity contribution in [3.05, 3.63) is 84.0 Å². The van der Waals surface area contributed by atoms with Gasteiger partial charge in [0.2, 0.25) is 5.91 Å². The third-order valence-electron chi connectivity index (χ3n) is 3.59. The quantitative estimate of drug-likeness (QED) is 0.752. The van der Waals surface area contributed by atoms with Crippen LogP contribution in [0.15, 0.2) is 69.9 Å². The Morgan fingerprint density at radius 2 is 1.78 bits per heavy atom. The molecule has 3 aromatic rings. The molecule has 1 amide bonds. The first kappa shape index (κ1) is 15.1. The Morgan fingerprint density at radius 3 is 2.43 bits per heavy atom. The minimum atomic E-state index is -0.311. The maximum absolute atomic E-state index is 13.1. The first-order valence-electron chi connectivity index (χ1n) is 7.30. The van der Waals surface area contributed by atoms with Crippen LogP contribution < -0.4 is 5.32 Å². The molecule has 1 unspecified atom stereocenters. The molecular formula is C18H16FNO3. The van der Waals surface area contributed by atoms with Crippen molar-refractivity contribution in [3.8, 4) is 0 Å². The van der Waals surface area contributed by atoms with Crippen LogP contribution in [0.1, 0.15) is 29.4 Å². The van der Waals surface area contributed by atoms with Gasteiger partial charge in [0.25, 0.3) is 0 Å². The van der Waals surface area contributed by atoms with Gasteiger partial charge in [0.05, 0.1) is 25.0 Å². The van der Waals surface area contributed by atoms with E-state index in [0.29, 0.717) is 18.1 Å². The second-order valence-electron chi connectivity index (χ2n) is 5.18. The number of hydrogen-bond donors (Lipinski definition) is 1. The highest BCUT2D eigenvalue weighted by Gasteiger charge is 2.20. The number of nitrogens with one attached hydrogen (secondary N) is 1. The molecule has 0 aliphatic carbocycles. The van der Waals surface area contributed by atoms with Crippen LogP contribution >= 0.6 is 0 Å². The first-order valence-corrected chi connectivity index (χ1v) is 7.30. The normalized spacial score (nSPS) is 12.0. The zero-order chi connectivity index (χ0) is 16.1. The maximum atomic E-state index is 13.1. The van der Waals surface area contributed by atoms with Crippen LogP contribution in [0.2, 0.25) is 0 Å². The minimum absolute atomic E-state index is 0.132. The fourth-order valence-electron chi connectivity index (χ4n) is 2.42. The molecule has 0 aliphatic rings. The number of hydrogen-bond acceptors (Lipinski definition) is 3. The van der Waals surface area contributed by atoms with E-state index >= 15 is 0 Å².